The number of methoxy groups -OCH3 is 2. The summed E-state index contributed by atoms with van der Waals surface area (Å²) in [6.07, 6.45) is 2.60. The number of likely N-dealkylation sites (tertiary alicyclic amines) is 1. The van der Waals surface area contributed by atoms with Crippen LogP contribution in [0.25, 0.3) is 0 Å². The molecule has 1 saturated heterocycles. The zero-order valence-corrected chi connectivity index (χ0v) is 15.2. The lowest BCUT2D eigenvalue weighted by atomic mass is 10.1. The largest absolute Gasteiger partial charge is 0.493 e. The minimum absolute atomic E-state index is 0.417. The molecule has 1 unspecified atom stereocenters. The zero-order valence-electron chi connectivity index (χ0n) is 15.2. The minimum Gasteiger partial charge on any atom is -0.493 e. The van der Waals surface area contributed by atoms with Gasteiger partial charge in [0.2, 0.25) is 0 Å². The van der Waals surface area contributed by atoms with Crippen molar-refractivity contribution in [3.8, 4) is 11.5 Å². The predicted octanol–water partition coefficient (Wildman–Crippen LogP) is 3.63. The maximum absolute atomic E-state index is 5.53. The average Bonchev–Trinajstić information content (AvgIpc) is 3.20. The summed E-state index contributed by atoms with van der Waals surface area (Å²) in [6.45, 7) is 4.05. The highest BCUT2D eigenvalue weighted by Gasteiger charge is 2.23. The van der Waals surface area contributed by atoms with Crippen LogP contribution < -0.4 is 14.8 Å². The molecule has 1 aliphatic rings. The second-order valence-corrected chi connectivity index (χ2v) is 6.45. The van der Waals surface area contributed by atoms with E-state index in [0.29, 0.717) is 6.04 Å². The van der Waals surface area contributed by atoms with Crippen LogP contribution in [0.1, 0.15) is 30.0 Å². The molecular formula is C21H28N2O2. The molecule has 0 radical (unpaired) electrons. The van der Waals surface area contributed by atoms with Crippen LogP contribution in [0.4, 0.5) is 0 Å². The molecule has 4 heteroatoms. The molecule has 1 atom stereocenters. The molecule has 0 aliphatic carbocycles. The maximum atomic E-state index is 5.53. The van der Waals surface area contributed by atoms with Gasteiger partial charge < -0.3 is 14.8 Å². The standard InChI is InChI=1S/C21H28N2O2/c1-24-20-12-8-11-18(21(20)25-2)15-22-16-19(23-13-6-7-14-23)17-9-4-3-5-10-17/h3-5,8-12,19,22H,6-7,13-16H2,1-2H3. The van der Waals surface area contributed by atoms with Crippen molar-refractivity contribution in [3.05, 3.63) is 59.7 Å². The van der Waals surface area contributed by atoms with Crippen LogP contribution >= 0.6 is 0 Å². The highest BCUT2D eigenvalue weighted by atomic mass is 16.5. The molecule has 0 saturated carbocycles. The van der Waals surface area contributed by atoms with Crippen molar-refractivity contribution in [2.45, 2.75) is 25.4 Å². The molecule has 1 fully saturated rings. The van der Waals surface area contributed by atoms with E-state index in [1.807, 2.05) is 12.1 Å². The molecule has 1 aliphatic heterocycles. The summed E-state index contributed by atoms with van der Waals surface area (Å²) in [4.78, 5) is 2.59. The Morgan fingerprint density at radius 2 is 1.72 bits per heavy atom. The van der Waals surface area contributed by atoms with Gasteiger partial charge in [0, 0.05) is 24.7 Å². The fourth-order valence-electron chi connectivity index (χ4n) is 3.62. The van der Waals surface area contributed by atoms with Crippen molar-refractivity contribution in [2.24, 2.45) is 0 Å². The molecule has 25 heavy (non-hydrogen) atoms. The van der Waals surface area contributed by atoms with Crippen LogP contribution in [0.2, 0.25) is 0 Å². The Hall–Kier alpha value is -2.04. The van der Waals surface area contributed by atoms with E-state index < -0.39 is 0 Å². The molecule has 0 spiro atoms. The lowest BCUT2D eigenvalue weighted by Crippen LogP contribution is -2.34. The molecule has 0 amide bonds. The number of hydrogen-bond donors (Lipinski definition) is 1. The molecule has 134 valence electrons. The number of ether oxygens (including phenoxy) is 2. The number of nitrogens with one attached hydrogen (secondary N) is 1. The van der Waals surface area contributed by atoms with Gasteiger partial charge >= 0.3 is 0 Å². The number of nitrogens with zero attached hydrogens (tertiary/aromatic N) is 1. The van der Waals surface area contributed by atoms with Crippen LogP contribution in [0.5, 0.6) is 11.5 Å². The van der Waals surface area contributed by atoms with Gasteiger partial charge in [0.25, 0.3) is 0 Å². The van der Waals surface area contributed by atoms with E-state index in [1.165, 1.54) is 31.5 Å². The van der Waals surface area contributed by atoms with Gasteiger partial charge in [0.15, 0.2) is 11.5 Å². The second-order valence-electron chi connectivity index (χ2n) is 6.45. The lowest BCUT2D eigenvalue weighted by Gasteiger charge is -2.28. The average molecular weight is 340 g/mol. The summed E-state index contributed by atoms with van der Waals surface area (Å²) in [5, 5.41) is 3.63. The van der Waals surface area contributed by atoms with Gasteiger partial charge in [0.05, 0.1) is 14.2 Å². The Labute approximate surface area is 150 Å². The summed E-state index contributed by atoms with van der Waals surface area (Å²) in [6, 6.07) is 17.2. The van der Waals surface area contributed by atoms with E-state index in [0.717, 1.165) is 30.2 Å². The highest BCUT2D eigenvalue weighted by Crippen LogP contribution is 2.31. The van der Waals surface area contributed by atoms with Crippen molar-refractivity contribution in [2.75, 3.05) is 33.9 Å². The molecule has 1 N–H and O–H groups in total. The first kappa shape index (κ1) is 17.8. The summed E-state index contributed by atoms with van der Waals surface area (Å²) in [5.74, 6) is 1.59. The number of rotatable bonds is 8. The van der Waals surface area contributed by atoms with Crippen LogP contribution in [-0.2, 0) is 6.54 Å². The summed E-state index contributed by atoms with van der Waals surface area (Å²) in [5.41, 5.74) is 2.50. The third kappa shape index (κ3) is 4.33. The van der Waals surface area contributed by atoms with Gasteiger partial charge in [-0.25, -0.2) is 0 Å². The van der Waals surface area contributed by atoms with Gasteiger partial charge in [-0.2, -0.15) is 0 Å². The molecule has 0 bridgehead atoms. The van der Waals surface area contributed by atoms with E-state index in [4.69, 9.17) is 9.47 Å². The smallest absolute Gasteiger partial charge is 0.165 e. The van der Waals surface area contributed by atoms with E-state index in [9.17, 15) is 0 Å². The molecule has 2 aromatic carbocycles. The molecule has 0 aromatic heterocycles. The first-order valence-electron chi connectivity index (χ1n) is 9.03. The summed E-state index contributed by atoms with van der Waals surface area (Å²) < 4.78 is 10.9. The first-order chi connectivity index (χ1) is 12.3. The Morgan fingerprint density at radius 3 is 2.40 bits per heavy atom. The fourth-order valence-corrected chi connectivity index (χ4v) is 3.62. The summed E-state index contributed by atoms with van der Waals surface area (Å²) >= 11 is 0. The van der Waals surface area contributed by atoms with E-state index in [1.54, 1.807) is 14.2 Å². The Balaban J connectivity index is 1.68. The predicted molar refractivity (Wildman–Crippen MR) is 101 cm³/mol. The van der Waals surface area contributed by atoms with E-state index in [2.05, 4.69) is 46.6 Å². The molecule has 1 heterocycles. The normalized spacial score (nSPS) is 15.9. The minimum atomic E-state index is 0.417. The molecule has 2 aromatic rings. The second kappa shape index (κ2) is 8.88. The van der Waals surface area contributed by atoms with Crippen LogP contribution in [0.3, 0.4) is 0 Å². The summed E-state index contributed by atoms with van der Waals surface area (Å²) in [7, 11) is 3.37. The molecule has 3 rings (SSSR count). The van der Waals surface area contributed by atoms with Crippen LogP contribution in [0.15, 0.2) is 48.5 Å². The number of para-hydroxylation sites is 1. The van der Waals surface area contributed by atoms with Crippen LogP contribution in [0, 0.1) is 0 Å². The monoisotopic (exact) mass is 340 g/mol. The quantitative estimate of drug-likeness (QED) is 0.796. The zero-order chi connectivity index (χ0) is 17.5. The van der Waals surface area contributed by atoms with Gasteiger partial charge in [0.1, 0.15) is 0 Å². The van der Waals surface area contributed by atoms with E-state index in [-0.39, 0.29) is 0 Å². The van der Waals surface area contributed by atoms with Crippen molar-refractivity contribution >= 4 is 0 Å². The van der Waals surface area contributed by atoms with Gasteiger partial charge in [-0.3, -0.25) is 4.90 Å². The Morgan fingerprint density at radius 1 is 0.960 bits per heavy atom. The van der Waals surface area contributed by atoms with Crippen LogP contribution in [-0.4, -0.2) is 38.8 Å². The van der Waals surface area contributed by atoms with Crippen molar-refractivity contribution < 1.29 is 9.47 Å². The SMILES string of the molecule is COc1cccc(CNCC(c2ccccc2)N2CCCC2)c1OC. The maximum Gasteiger partial charge on any atom is 0.165 e. The van der Waals surface area contributed by atoms with Crippen molar-refractivity contribution in [1.29, 1.82) is 0 Å². The van der Waals surface area contributed by atoms with E-state index >= 15 is 0 Å². The lowest BCUT2D eigenvalue weighted by molar-refractivity contribution is 0.238. The van der Waals surface area contributed by atoms with Gasteiger partial charge in [-0.1, -0.05) is 42.5 Å². The first-order valence-corrected chi connectivity index (χ1v) is 9.03. The van der Waals surface area contributed by atoms with Gasteiger partial charge in [-0.05, 0) is 37.6 Å². The van der Waals surface area contributed by atoms with Crippen molar-refractivity contribution in [3.63, 3.8) is 0 Å². The molecule has 4 nitrogen and oxygen atoms in total. The number of hydrogen-bond acceptors (Lipinski definition) is 4. The third-order valence-corrected chi connectivity index (χ3v) is 4.90. The Bertz CT molecular complexity index is 654. The third-order valence-electron chi connectivity index (χ3n) is 4.90. The van der Waals surface area contributed by atoms with Gasteiger partial charge in [-0.15, -0.1) is 0 Å². The topological polar surface area (TPSA) is 33.7 Å². The fraction of sp³-hybridized carbons (Fsp3) is 0.429. The molecular weight excluding hydrogens is 312 g/mol. The Kier molecular flexibility index (Phi) is 6.31. The van der Waals surface area contributed by atoms with Crippen molar-refractivity contribution in [1.82, 2.24) is 10.2 Å². The highest BCUT2D eigenvalue weighted by molar-refractivity contribution is 5.46. The number of benzene rings is 2.